The highest BCUT2D eigenvalue weighted by atomic mass is 31.2. The minimum absolute atomic E-state index is 0.0144. The van der Waals surface area contributed by atoms with Gasteiger partial charge in [0, 0.05) is 92.1 Å². The van der Waals surface area contributed by atoms with Gasteiger partial charge in [0.15, 0.2) is 18.9 Å². The Bertz CT molecular complexity index is 3530. The summed E-state index contributed by atoms with van der Waals surface area (Å²) >= 11 is 0. The number of allylic oxidation sites excluding steroid dienone is 3. The van der Waals surface area contributed by atoms with E-state index in [1.807, 2.05) is 31.2 Å². The van der Waals surface area contributed by atoms with E-state index >= 15 is 4.39 Å². The van der Waals surface area contributed by atoms with Crippen LogP contribution in [0.3, 0.4) is 0 Å². The first-order valence-electron chi connectivity index (χ1n) is 47.4. The van der Waals surface area contributed by atoms with Gasteiger partial charge in [-0.3, -0.25) is 52.2 Å². The van der Waals surface area contributed by atoms with Crippen LogP contribution in [0.25, 0.3) is 0 Å². The molecule has 0 radical (unpaired) electrons. The number of aliphatic hydroxyl groups excluding tert-OH is 9. The Morgan fingerprint density at radius 2 is 0.827 bits per heavy atom. The van der Waals surface area contributed by atoms with Gasteiger partial charge >= 0.3 is 7.82 Å². The number of aliphatic hydroxyl groups is 9. The maximum atomic E-state index is 16.9. The number of carbonyl (C=O) groups is 9. The number of aryl methyl sites for hydroxylation is 1. The lowest BCUT2D eigenvalue weighted by molar-refractivity contribution is -0.272. The van der Waals surface area contributed by atoms with Gasteiger partial charge in [-0.1, -0.05) is 48.8 Å². The van der Waals surface area contributed by atoms with Crippen LogP contribution in [0.1, 0.15) is 142 Å². The SMILES string of the molecule is C/C=C/C/C=C/CCOP(=O)(O)OCCOCCNC(=O)C1(F)CCCCCc2c1nnn2CCCNC(=O)CCCCCCC(=O)NC(COCCC(=O)NCCOCCOCCOC1OC(CO)C(O)C(O)C1NC(C)=O)(COCCC(=O)NCCOCCOCCOC1OC(CO)C(O)C(O)C1NC(C)=O)COCCC(=O)NCCOCCOCCOC1OC(CO)C(O)C(O)C1NC(C)=O. The monoisotopic (exact) mass is 2020 g/mol. The number of rotatable bonds is 77. The number of phosphoric acid groups is 1. The zero-order valence-electron chi connectivity index (χ0n) is 80.1. The average Bonchev–Trinajstić information content (AvgIpc) is 1.66. The highest BCUT2D eigenvalue weighted by Crippen LogP contribution is 2.43. The zero-order valence-corrected chi connectivity index (χ0v) is 81.0. The number of phosphoric ester groups is 1. The highest BCUT2D eigenvalue weighted by Gasteiger charge is 2.50. The molecule has 5 rings (SSSR count). The smallest absolute Gasteiger partial charge is 0.394 e. The van der Waals surface area contributed by atoms with Crippen LogP contribution < -0.4 is 47.9 Å². The van der Waals surface area contributed by atoms with Crippen LogP contribution in [0.15, 0.2) is 24.3 Å². The van der Waals surface area contributed by atoms with Crippen LogP contribution in [0.4, 0.5) is 4.39 Å². The van der Waals surface area contributed by atoms with E-state index in [1.54, 1.807) is 4.68 Å². The van der Waals surface area contributed by atoms with E-state index in [1.165, 1.54) is 20.8 Å². The Morgan fingerprint density at radius 1 is 0.446 bits per heavy atom. The van der Waals surface area contributed by atoms with Gasteiger partial charge in [-0.2, -0.15) is 0 Å². The molecule has 50 nitrogen and oxygen atoms in total. The molecule has 3 fully saturated rings. The molecular weight excluding hydrogens is 1870 g/mol. The van der Waals surface area contributed by atoms with Gasteiger partial charge in [0.25, 0.3) is 5.91 Å². The highest BCUT2D eigenvalue weighted by molar-refractivity contribution is 7.47. The molecule has 3 saturated heterocycles. The Hall–Kier alpha value is -7.11. The molecule has 4 aliphatic rings. The number of carbonyl (C=O) groups excluding carboxylic acids is 9. The fraction of sp³-hybridized carbons (Fsp3) is 0.828. The van der Waals surface area contributed by atoms with Gasteiger partial charge in [-0.05, 0) is 64.7 Å². The van der Waals surface area contributed by atoms with E-state index < -0.39 is 178 Å². The predicted octanol–water partition coefficient (Wildman–Crippen LogP) is -5.01. The van der Waals surface area contributed by atoms with Crippen LogP contribution in [0.2, 0.25) is 0 Å². The number of unbranched alkanes of at least 4 members (excludes halogenated alkanes) is 3. The number of aromatic nitrogens is 3. The summed E-state index contributed by atoms with van der Waals surface area (Å²) in [6.07, 6.45) is -3.12. The average molecular weight is 2020 g/mol. The minimum Gasteiger partial charge on any atom is -0.394 e. The Morgan fingerprint density at radius 3 is 1.24 bits per heavy atom. The minimum atomic E-state index is -4.31. The van der Waals surface area contributed by atoms with Gasteiger partial charge in [0.1, 0.15) is 84.3 Å². The standard InChI is InChI=1S/C87H152FN12O38P/c1-5-6-7-8-11-17-32-134-139(119,120)135-53-49-124-39-30-93-85(118)87(88)25-16-12-13-19-63-81(87)98-99-100(63)31-18-26-89-67(107)20-14-9-10-15-21-71(111)97-86(57-128-33-22-68(108)90-27-36-121-40-43-125-46-50-131-82-72(94-60(2)104)78(115)75(112)64(54-101)136-82,58-129-34-23-69(109)91-28-37-122-41-44-126-47-51-132-83-73(95-61(3)105)79(116)76(113)65(55-102)137-83)59-130-35-24-70(110)92-29-38-123-42-45-127-48-52-133-84-74(96-62(4)106)80(117)77(114)66(56-103)138-84/h5-6,8,11,64-66,72-80,82-84,101-103,112-117H,7,9-10,12-59H2,1-4H3,(H,89,107)(H,90,108)(H,91,109)(H,92,110)(H,93,118)(H,94,104)(H,95,105)(H,96,106)(H,97,111)(H,119,120)/b6-5+,11-8+. The van der Waals surface area contributed by atoms with Crippen molar-refractivity contribution in [3.63, 3.8) is 0 Å². The Kier molecular flexibility index (Phi) is 62.8. The molecule has 3 aliphatic heterocycles. The molecule has 4 heterocycles. The first-order chi connectivity index (χ1) is 66.9. The summed E-state index contributed by atoms with van der Waals surface area (Å²) in [6.45, 7) is 3.45. The van der Waals surface area contributed by atoms with Crippen molar-refractivity contribution in [3.05, 3.63) is 35.7 Å². The summed E-state index contributed by atoms with van der Waals surface area (Å²) in [4.78, 5) is 126. The number of alkyl halides is 1. The molecule has 0 aromatic carbocycles. The van der Waals surface area contributed by atoms with E-state index in [9.17, 15) is 98.6 Å². The summed E-state index contributed by atoms with van der Waals surface area (Å²) in [5.41, 5.74) is -3.57. The third-order valence-corrected chi connectivity index (χ3v) is 22.7. The van der Waals surface area contributed by atoms with Crippen molar-refractivity contribution in [1.82, 2.24) is 62.8 Å². The predicted molar refractivity (Wildman–Crippen MR) is 484 cm³/mol. The molecule has 52 heteroatoms. The molecule has 1 aliphatic carbocycles. The molecule has 800 valence electrons. The summed E-state index contributed by atoms with van der Waals surface area (Å²) in [5, 5.41) is 124. The molecule has 139 heavy (non-hydrogen) atoms. The number of hydrogen-bond donors (Lipinski definition) is 19. The van der Waals surface area contributed by atoms with Crippen LogP contribution in [-0.2, 0) is 151 Å². The lowest BCUT2D eigenvalue weighted by Crippen LogP contribution is -2.64. The molecule has 1 aromatic rings. The van der Waals surface area contributed by atoms with E-state index in [2.05, 4.69) is 58.2 Å². The van der Waals surface area contributed by atoms with Crippen LogP contribution in [-0.4, -0.2) is 434 Å². The number of nitrogens with zero attached hydrogens (tertiary/aromatic N) is 3. The van der Waals surface area contributed by atoms with Crippen LogP contribution in [0, 0.1) is 0 Å². The van der Waals surface area contributed by atoms with Gasteiger partial charge in [0.2, 0.25) is 52.9 Å². The molecular formula is C87H152FN12O38P. The van der Waals surface area contributed by atoms with Gasteiger partial charge in [-0.15, -0.1) is 5.10 Å². The third kappa shape index (κ3) is 49.4. The van der Waals surface area contributed by atoms with Gasteiger partial charge in [0.05, 0.1) is 191 Å². The lowest BCUT2D eigenvalue weighted by Gasteiger charge is -2.42. The Labute approximate surface area is 808 Å². The second kappa shape index (κ2) is 71.4. The van der Waals surface area contributed by atoms with Crippen molar-refractivity contribution in [2.75, 3.05) is 218 Å². The molecule has 0 saturated carbocycles. The molecule has 17 atom stereocenters. The zero-order chi connectivity index (χ0) is 101. The number of fused-ring (bicyclic) bond motifs is 1. The quantitative estimate of drug-likeness (QED) is 0.0165. The number of ether oxygens (including phenoxy) is 16. The molecule has 0 spiro atoms. The lowest BCUT2D eigenvalue weighted by atomic mass is 9.88. The number of nitrogens with one attached hydrogen (secondary N) is 9. The maximum Gasteiger partial charge on any atom is 0.472 e. The van der Waals surface area contributed by atoms with Crippen molar-refractivity contribution in [2.24, 2.45) is 0 Å². The van der Waals surface area contributed by atoms with E-state index in [4.69, 9.17) is 84.8 Å². The van der Waals surface area contributed by atoms with Gasteiger partial charge < -0.3 is 174 Å². The van der Waals surface area contributed by atoms with Crippen molar-refractivity contribution in [2.45, 2.75) is 247 Å². The number of amides is 9. The van der Waals surface area contributed by atoms with Crippen LogP contribution >= 0.6 is 7.82 Å². The second-order valence-electron chi connectivity index (χ2n) is 33.0. The van der Waals surface area contributed by atoms with Crippen LogP contribution in [0.5, 0.6) is 0 Å². The second-order valence-corrected chi connectivity index (χ2v) is 34.5. The molecule has 19 N–H and O–H groups in total. The van der Waals surface area contributed by atoms with Crippen molar-refractivity contribution < 1.29 is 188 Å². The van der Waals surface area contributed by atoms with Crippen molar-refractivity contribution in [1.29, 1.82) is 0 Å². The summed E-state index contributed by atoms with van der Waals surface area (Å²) < 4.78 is 132. The fourth-order valence-corrected chi connectivity index (χ4v) is 15.2. The van der Waals surface area contributed by atoms with Crippen molar-refractivity contribution in [3.8, 4) is 0 Å². The Balaban J connectivity index is 1.13. The summed E-state index contributed by atoms with van der Waals surface area (Å²) in [6, 6.07) is -3.38. The molecule has 17 unspecified atom stereocenters. The van der Waals surface area contributed by atoms with E-state index in [0.29, 0.717) is 69.9 Å². The third-order valence-electron chi connectivity index (χ3n) is 21.7. The maximum absolute atomic E-state index is 16.9. The number of halogens is 1. The van der Waals surface area contributed by atoms with Crippen molar-refractivity contribution >= 4 is 61.0 Å². The molecule has 9 amide bonds. The molecule has 0 bridgehead atoms. The largest absolute Gasteiger partial charge is 0.472 e. The first-order valence-corrected chi connectivity index (χ1v) is 48.9. The topological polar surface area (TPSA) is 678 Å². The van der Waals surface area contributed by atoms with Gasteiger partial charge in [-0.25, -0.2) is 13.6 Å². The van der Waals surface area contributed by atoms with E-state index in [0.717, 1.165) is 6.42 Å². The fourth-order valence-electron chi connectivity index (χ4n) is 14.5. The summed E-state index contributed by atoms with van der Waals surface area (Å²) in [7, 11) is -4.31. The molecule has 1 aromatic heterocycles. The normalized spacial score (nSPS) is 24.2. The first kappa shape index (κ1) is 122. The van der Waals surface area contributed by atoms with E-state index in [-0.39, 0.29) is 255 Å². The number of hydrogen-bond acceptors (Lipinski definition) is 39. The summed E-state index contributed by atoms with van der Waals surface area (Å²) in [5.74, 6) is -4.37.